The van der Waals surface area contributed by atoms with Crippen molar-refractivity contribution in [1.29, 1.82) is 0 Å². The minimum atomic E-state index is -0.320. The summed E-state index contributed by atoms with van der Waals surface area (Å²) in [7, 11) is 1.43. The number of aromatic nitrogens is 1. The van der Waals surface area contributed by atoms with Crippen molar-refractivity contribution in [2.45, 2.75) is 33.2 Å². The minimum absolute atomic E-state index is 0.0537. The summed E-state index contributed by atoms with van der Waals surface area (Å²) < 4.78 is 6.32. The number of nitrogens with one attached hydrogen (secondary N) is 1. The third-order valence-corrected chi connectivity index (χ3v) is 3.71. The van der Waals surface area contributed by atoms with Crippen LogP contribution in [0.1, 0.15) is 30.9 Å². The highest BCUT2D eigenvalue weighted by molar-refractivity contribution is 5.92. The highest BCUT2D eigenvalue weighted by Crippen LogP contribution is 2.27. The van der Waals surface area contributed by atoms with E-state index >= 15 is 0 Å². The molecule has 0 radical (unpaired) electrons. The van der Waals surface area contributed by atoms with E-state index in [4.69, 9.17) is 4.74 Å². The largest absolute Gasteiger partial charge is 0.491 e. The van der Waals surface area contributed by atoms with Crippen LogP contribution in [0.2, 0.25) is 0 Å². The maximum atomic E-state index is 12.3. The molecule has 1 aromatic heterocycles. The maximum absolute atomic E-state index is 12.3. The zero-order chi connectivity index (χ0) is 17.0. The van der Waals surface area contributed by atoms with Gasteiger partial charge in [-0.3, -0.25) is 9.59 Å². The number of nitrogens with zero attached hydrogens (tertiary/aromatic N) is 1. The average molecular weight is 314 g/mol. The molecule has 0 fully saturated rings. The van der Waals surface area contributed by atoms with Gasteiger partial charge < -0.3 is 14.6 Å². The molecule has 1 aromatic carbocycles. The van der Waals surface area contributed by atoms with Gasteiger partial charge in [-0.1, -0.05) is 32.0 Å². The van der Waals surface area contributed by atoms with E-state index in [1.165, 1.54) is 11.7 Å². The van der Waals surface area contributed by atoms with Crippen LogP contribution in [0.5, 0.6) is 5.75 Å². The van der Waals surface area contributed by atoms with E-state index in [2.05, 4.69) is 19.2 Å². The molecule has 2 rings (SSSR count). The van der Waals surface area contributed by atoms with Crippen molar-refractivity contribution < 1.29 is 9.53 Å². The summed E-state index contributed by atoms with van der Waals surface area (Å²) in [6.45, 7) is 6.06. The molecule has 0 saturated heterocycles. The fraction of sp³-hybridized carbons (Fsp3) is 0.333. The lowest BCUT2D eigenvalue weighted by Gasteiger charge is -2.17. The van der Waals surface area contributed by atoms with Gasteiger partial charge in [0.15, 0.2) is 5.75 Å². The Balaban J connectivity index is 2.23. The molecule has 0 atom stereocenters. The van der Waals surface area contributed by atoms with Gasteiger partial charge in [0, 0.05) is 11.9 Å². The number of hydrogen-bond acceptors (Lipinski definition) is 3. The fourth-order valence-corrected chi connectivity index (χ4v) is 2.47. The van der Waals surface area contributed by atoms with Crippen LogP contribution in [0.15, 0.2) is 41.3 Å². The second kappa shape index (κ2) is 7.13. The first kappa shape index (κ1) is 16.8. The molecule has 0 aliphatic rings. The van der Waals surface area contributed by atoms with Crippen molar-refractivity contribution in [2.75, 3.05) is 12.4 Å². The van der Waals surface area contributed by atoms with Crippen molar-refractivity contribution in [3.05, 3.63) is 58.0 Å². The number of hydrogen-bond donors (Lipinski definition) is 1. The highest BCUT2D eigenvalue weighted by atomic mass is 16.5. The van der Waals surface area contributed by atoms with E-state index in [9.17, 15) is 9.59 Å². The molecule has 1 N–H and O–H groups in total. The first-order valence-electron chi connectivity index (χ1n) is 7.56. The maximum Gasteiger partial charge on any atom is 0.293 e. The summed E-state index contributed by atoms with van der Waals surface area (Å²) in [6.07, 6.45) is 1.58. The van der Waals surface area contributed by atoms with Crippen LogP contribution >= 0.6 is 0 Å². The van der Waals surface area contributed by atoms with E-state index in [0.29, 0.717) is 5.92 Å². The van der Waals surface area contributed by atoms with Crippen LogP contribution in [0.3, 0.4) is 0 Å². The number of rotatable bonds is 5. The lowest BCUT2D eigenvalue weighted by atomic mass is 9.98. The van der Waals surface area contributed by atoms with Crippen LogP contribution in [0.4, 0.5) is 5.69 Å². The Morgan fingerprint density at radius 3 is 2.65 bits per heavy atom. The zero-order valence-electron chi connectivity index (χ0n) is 13.9. The second-order valence-electron chi connectivity index (χ2n) is 5.75. The molecule has 5 heteroatoms. The van der Waals surface area contributed by atoms with Gasteiger partial charge >= 0.3 is 0 Å². The number of para-hydroxylation sites is 1. The van der Waals surface area contributed by atoms with Crippen LogP contribution in [-0.2, 0) is 11.3 Å². The predicted octanol–water partition coefficient (Wildman–Crippen LogP) is 2.93. The summed E-state index contributed by atoms with van der Waals surface area (Å²) in [5.41, 5.74) is 2.58. The van der Waals surface area contributed by atoms with Crippen molar-refractivity contribution in [1.82, 2.24) is 4.57 Å². The monoisotopic (exact) mass is 314 g/mol. The van der Waals surface area contributed by atoms with Crippen LogP contribution in [0, 0.1) is 6.92 Å². The molecular formula is C18H22N2O3. The van der Waals surface area contributed by atoms with Crippen molar-refractivity contribution in [3.8, 4) is 5.75 Å². The Morgan fingerprint density at radius 2 is 2.00 bits per heavy atom. The first-order chi connectivity index (χ1) is 10.9. The van der Waals surface area contributed by atoms with E-state index in [1.807, 2.05) is 25.1 Å². The van der Waals surface area contributed by atoms with Crippen LogP contribution in [-0.4, -0.2) is 17.6 Å². The van der Waals surface area contributed by atoms with E-state index < -0.39 is 0 Å². The lowest BCUT2D eigenvalue weighted by Crippen LogP contribution is -2.28. The van der Waals surface area contributed by atoms with Crippen molar-refractivity contribution in [3.63, 3.8) is 0 Å². The van der Waals surface area contributed by atoms with Crippen molar-refractivity contribution in [2.24, 2.45) is 0 Å². The number of anilines is 1. The first-order valence-corrected chi connectivity index (χ1v) is 7.56. The molecule has 2 aromatic rings. The molecule has 5 nitrogen and oxygen atoms in total. The zero-order valence-corrected chi connectivity index (χ0v) is 13.9. The number of benzene rings is 1. The second-order valence-corrected chi connectivity index (χ2v) is 5.75. The molecule has 0 unspecified atom stereocenters. The number of methoxy groups -OCH3 is 1. The molecule has 1 amide bonds. The Labute approximate surface area is 135 Å². The molecule has 0 aliphatic heterocycles. The molecule has 0 saturated carbocycles. The van der Waals surface area contributed by atoms with Crippen molar-refractivity contribution >= 4 is 11.6 Å². The van der Waals surface area contributed by atoms with Gasteiger partial charge in [0.25, 0.3) is 5.56 Å². The van der Waals surface area contributed by atoms with Gasteiger partial charge in [0.2, 0.25) is 5.91 Å². The number of amides is 1. The number of ether oxygens (including phenoxy) is 1. The topological polar surface area (TPSA) is 60.3 Å². The summed E-state index contributed by atoms with van der Waals surface area (Å²) >= 11 is 0. The molecule has 0 aliphatic carbocycles. The lowest BCUT2D eigenvalue weighted by molar-refractivity contribution is -0.116. The highest BCUT2D eigenvalue weighted by Gasteiger charge is 2.13. The van der Waals surface area contributed by atoms with Gasteiger partial charge in [0.1, 0.15) is 6.54 Å². The van der Waals surface area contributed by atoms with Gasteiger partial charge in [-0.15, -0.1) is 0 Å². The Hall–Kier alpha value is -2.56. The predicted molar refractivity (Wildman–Crippen MR) is 91.2 cm³/mol. The molecule has 0 bridgehead atoms. The summed E-state index contributed by atoms with van der Waals surface area (Å²) in [4.78, 5) is 24.4. The SMILES string of the molecule is COc1cccn(CC(=O)Nc2c(C)cccc2C(C)C)c1=O. The molecule has 1 heterocycles. The summed E-state index contributed by atoms with van der Waals surface area (Å²) in [6, 6.07) is 9.20. The average Bonchev–Trinajstić information content (AvgIpc) is 2.51. The fourth-order valence-electron chi connectivity index (χ4n) is 2.47. The number of aryl methyl sites for hydroxylation is 1. The van der Waals surface area contributed by atoms with E-state index in [1.54, 1.807) is 18.3 Å². The Morgan fingerprint density at radius 1 is 1.26 bits per heavy atom. The Bertz CT molecular complexity index is 763. The summed E-state index contributed by atoms with van der Waals surface area (Å²) in [5.74, 6) is 0.278. The van der Waals surface area contributed by atoms with Gasteiger partial charge in [-0.25, -0.2) is 0 Å². The van der Waals surface area contributed by atoms with Crippen LogP contribution in [0.25, 0.3) is 0 Å². The molecule has 0 spiro atoms. The van der Waals surface area contributed by atoms with Gasteiger partial charge in [-0.2, -0.15) is 0 Å². The quantitative estimate of drug-likeness (QED) is 0.923. The smallest absolute Gasteiger partial charge is 0.293 e. The molecular weight excluding hydrogens is 292 g/mol. The number of carbonyl (C=O) groups excluding carboxylic acids is 1. The normalized spacial score (nSPS) is 10.7. The summed E-state index contributed by atoms with van der Waals surface area (Å²) in [5, 5.41) is 2.93. The Kier molecular flexibility index (Phi) is 5.21. The third-order valence-electron chi connectivity index (χ3n) is 3.71. The van der Waals surface area contributed by atoms with Gasteiger partial charge in [0.05, 0.1) is 7.11 Å². The van der Waals surface area contributed by atoms with Gasteiger partial charge in [-0.05, 0) is 36.1 Å². The van der Waals surface area contributed by atoms with E-state index in [0.717, 1.165) is 16.8 Å². The molecule has 23 heavy (non-hydrogen) atoms. The van der Waals surface area contributed by atoms with E-state index in [-0.39, 0.29) is 23.8 Å². The molecule has 122 valence electrons. The number of carbonyl (C=O) groups is 1. The minimum Gasteiger partial charge on any atom is -0.491 e. The van der Waals surface area contributed by atoms with Crippen LogP contribution < -0.4 is 15.6 Å². The standard InChI is InChI=1S/C18H22N2O3/c1-12(2)14-8-5-7-13(3)17(14)19-16(21)11-20-10-6-9-15(23-4)18(20)22/h5-10,12H,11H2,1-4H3,(H,19,21). The third kappa shape index (κ3) is 3.80. The number of pyridine rings is 1.